The number of benzene rings is 1. The van der Waals surface area contributed by atoms with Crippen LogP contribution in [0.15, 0.2) is 34.9 Å². The van der Waals surface area contributed by atoms with Crippen molar-refractivity contribution in [2.45, 2.75) is 31.4 Å². The lowest BCUT2D eigenvalue weighted by Crippen LogP contribution is -2.39. The third kappa shape index (κ3) is 5.35. The normalized spacial score (nSPS) is 15.0. The largest absolute Gasteiger partial charge is 0.397 e. The Kier molecular flexibility index (Phi) is 6.11. The molecule has 3 heterocycles. The van der Waals surface area contributed by atoms with E-state index in [-0.39, 0.29) is 36.6 Å². The maximum Gasteiger partial charge on any atom is 0.397 e. The summed E-state index contributed by atoms with van der Waals surface area (Å²) in [5, 5.41) is 3.94. The van der Waals surface area contributed by atoms with Crippen molar-refractivity contribution < 1.29 is 22.5 Å². The number of hydrogen-bond acceptors (Lipinski definition) is 9. The van der Waals surface area contributed by atoms with Crippen molar-refractivity contribution >= 4 is 23.5 Å². The van der Waals surface area contributed by atoms with E-state index in [1.54, 1.807) is 11.9 Å². The fourth-order valence-corrected chi connectivity index (χ4v) is 3.55. The lowest BCUT2D eigenvalue weighted by Gasteiger charge is -2.30. The summed E-state index contributed by atoms with van der Waals surface area (Å²) in [6, 6.07) is 9.42. The van der Waals surface area contributed by atoms with Crippen molar-refractivity contribution in [2.75, 3.05) is 30.8 Å². The van der Waals surface area contributed by atoms with Crippen LogP contribution < -0.4 is 10.6 Å². The van der Waals surface area contributed by atoms with E-state index in [1.807, 2.05) is 30.3 Å². The number of aromatic nitrogens is 5. The minimum absolute atomic E-state index is 0.0133. The molecule has 1 saturated heterocycles. The molecule has 0 atom stereocenters. The Bertz CT molecular complexity index is 1110. The number of nitrogen functional groups attached to an aromatic ring is 1. The van der Waals surface area contributed by atoms with Gasteiger partial charge in [0.1, 0.15) is 6.42 Å². The second-order valence-electron chi connectivity index (χ2n) is 7.62. The molecule has 0 saturated carbocycles. The lowest BCUT2D eigenvalue weighted by molar-refractivity contribution is -0.162. The van der Waals surface area contributed by atoms with Crippen LogP contribution in [0.3, 0.4) is 0 Å². The van der Waals surface area contributed by atoms with Gasteiger partial charge in [-0.3, -0.25) is 4.79 Å². The summed E-state index contributed by atoms with van der Waals surface area (Å²) in [6.07, 6.45) is -5.16. The van der Waals surface area contributed by atoms with Crippen LogP contribution in [0.2, 0.25) is 0 Å². The molecule has 33 heavy (non-hydrogen) atoms. The number of halogens is 3. The van der Waals surface area contributed by atoms with Crippen LogP contribution in [0.25, 0.3) is 11.6 Å². The number of nitrogens with zero attached hydrogens (tertiary/aromatic N) is 7. The molecule has 1 amide bonds. The standard InChI is InChI=1S/C20H21F3N8O2/c1-30(13-5-3-2-4-6-13)19-27-15(26-18(24)28-19)16-25-17(33-29-16)12-7-9-31(10-8-12)14(32)11-20(21,22)23/h2-6,12H,7-11H2,1H3,(H2,24,26,27,28). The zero-order valence-corrected chi connectivity index (χ0v) is 17.7. The van der Waals surface area contributed by atoms with Crippen molar-refractivity contribution in [1.82, 2.24) is 30.0 Å². The van der Waals surface area contributed by atoms with Crippen LogP contribution >= 0.6 is 0 Å². The quantitative estimate of drug-likeness (QED) is 0.609. The van der Waals surface area contributed by atoms with E-state index in [9.17, 15) is 18.0 Å². The summed E-state index contributed by atoms with van der Waals surface area (Å²) in [5.41, 5.74) is 6.70. The highest BCUT2D eigenvalue weighted by atomic mass is 19.4. The molecule has 2 aromatic heterocycles. The van der Waals surface area contributed by atoms with Gasteiger partial charge in [-0.1, -0.05) is 23.4 Å². The van der Waals surface area contributed by atoms with Crippen molar-refractivity contribution in [2.24, 2.45) is 0 Å². The van der Waals surface area contributed by atoms with Crippen molar-refractivity contribution in [3.63, 3.8) is 0 Å². The van der Waals surface area contributed by atoms with Gasteiger partial charge in [0.15, 0.2) is 0 Å². The summed E-state index contributed by atoms with van der Waals surface area (Å²) in [7, 11) is 1.78. The molecule has 4 rings (SSSR count). The molecule has 13 heteroatoms. The van der Waals surface area contributed by atoms with E-state index in [0.717, 1.165) is 5.69 Å². The van der Waals surface area contributed by atoms with Crippen LogP contribution in [-0.2, 0) is 4.79 Å². The number of para-hydroxylation sites is 1. The van der Waals surface area contributed by atoms with Crippen LogP contribution in [-0.4, -0.2) is 62.2 Å². The van der Waals surface area contributed by atoms with Crippen LogP contribution in [0.5, 0.6) is 0 Å². The number of rotatable bonds is 5. The Morgan fingerprint density at radius 3 is 2.48 bits per heavy atom. The maximum absolute atomic E-state index is 12.5. The molecule has 0 radical (unpaired) electrons. The summed E-state index contributed by atoms with van der Waals surface area (Å²) in [6.45, 7) is 0.365. The zero-order valence-electron chi connectivity index (χ0n) is 17.7. The molecule has 1 aliphatic heterocycles. The molecule has 2 N–H and O–H groups in total. The highest BCUT2D eigenvalue weighted by molar-refractivity contribution is 5.77. The van der Waals surface area contributed by atoms with E-state index < -0.39 is 18.5 Å². The van der Waals surface area contributed by atoms with Gasteiger partial charge in [0.05, 0.1) is 0 Å². The van der Waals surface area contributed by atoms with E-state index in [1.165, 1.54) is 4.90 Å². The first kappa shape index (κ1) is 22.4. The molecule has 0 spiro atoms. The van der Waals surface area contributed by atoms with E-state index in [4.69, 9.17) is 10.3 Å². The Balaban J connectivity index is 1.46. The predicted octanol–water partition coefficient (Wildman–Crippen LogP) is 2.93. The van der Waals surface area contributed by atoms with Gasteiger partial charge in [0.25, 0.3) is 0 Å². The summed E-state index contributed by atoms with van der Waals surface area (Å²) in [4.78, 5) is 31.7. The van der Waals surface area contributed by atoms with Gasteiger partial charge in [-0.15, -0.1) is 0 Å². The third-order valence-electron chi connectivity index (χ3n) is 5.27. The Labute approximate surface area is 186 Å². The number of alkyl halides is 3. The van der Waals surface area contributed by atoms with Gasteiger partial charge in [-0.2, -0.15) is 33.1 Å². The van der Waals surface area contributed by atoms with Gasteiger partial charge in [-0.25, -0.2) is 0 Å². The van der Waals surface area contributed by atoms with Gasteiger partial charge in [0.2, 0.25) is 35.3 Å². The second-order valence-corrected chi connectivity index (χ2v) is 7.62. The maximum atomic E-state index is 12.5. The Morgan fingerprint density at radius 2 is 1.82 bits per heavy atom. The Morgan fingerprint density at radius 1 is 1.12 bits per heavy atom. The topological polar surface area (TPSA) is 127 Å². The molecule has 1 aliphatic rings. The molecule has 1 fully saturated rings. The molecule has 174 valence electrons. The number of piperidine rings is 1. The minimum atomic E-state index is -4.52. The van der Waals surface area contributed by atoms with Crippen LogP contribution in [0.4, 0.5) is 30.8 Å². The summed E-state index contributed by atoms with van der Waals surface area (Å²) in [5.74, 6) is -0.266. The smallest absolute Gasteiger partial charge is 0.368 e. The fourth-order valence-electron chi connectivity index (χ4n) is 3.55. The SMILES string of the molecule is CN(c1ccccc1)c1nc(N)nc(-c2noc(C3CCN(C(=O)CC(F)(F)F)CC3)n2)n1. The van der Waals surface area contributed by atoms with Crippen molar-refractivity contribution in [3.05, 3.63) is 36.2 Å². The predicted molar refractivity (Wildman–Crippen MR) is 111 cm³/mol. The van der Waals surface area contributed by atoms with E-state index in [0.29, 0.717) is 24.7 Å². The lowest BCUT2D eigenvalue weighted by atomic mass is 9.96. The number of nitrogens with two attached hydrogens (primary N) is 1. The van der Waals surface area contributed by atoms with Crippen molar-refractivity contribution in [1.29, 1.82) is 0 Å². The van der Waals surface area contributed by atoms with Gasteiger partial charge < -0.3 is 20.1 Å². The monoisotopic (exact) mass is 462 g/mol. The van der Waals surface area contributed by atoms with Crippen molar-refractivity contribution in [3.8, 4) is 11.6 Å². The van der Waals surface area contributed by atoms with Crippen LogP contribution in [0.1, 0.15) is 31.1 Å². The number of anilines is 3. The van der Waals surface area contributed by atoms with Gasteiger partial charge >= 0.3 is 6.18 Å². The first-order valence-electron chi connectivity index (χ1n) is 10.2. The molecule has 1 aromatic carbocycles. The Hall–Kier alpha value is -3.77. The highest BCUT2D eigenvalue weighted by Gasteiger charge is 2.35. The highest BCUT2D eigenvalue weighted by Crippen LogP contribution is 2.30. The van der Waals surface area contributed by atoms with Crippen LogP contribution in [0, 0.1) is 0 Å². The van der Waals surface area contributed by atoms with Gasteiger partial charge in [-0.05, 0) is 25.0 Å². The molecule has 10 nitrogen and oxygen atoms in total. The molecular weight excluding hydrogens is 441 g/mol. The number of hydrogen-bond donors (Lipinski definition) is 1. The molecule has 0 aliphatic carbocycles. The number of amides is 1. The first-order valence-corrected chi connectivity index (χ1v) is 10.2. The van der Waals surface area contributed by atoms with Gasteiger partial charge in [0, 0.05) is 31.7 Å². The third-order valence-corrected chi connectivity index (χ3v) is 5.27. The number of likely N-dealkylation sites (tertiary alicyclic amines) is 1. The molecule has 0 bridgehead atoms. The van der Waals surface area contributed by atoms with E-state index in [2.05, 4.69) is 25.1 Å². The number of carbonyl (C=O) groups excluding carboxylic acids is 1. The summed E-state index contributed by atoms with van der Waals surface area (Å²) < 4.78 is 42.7. The fraction of sp³-hybridized carbons (Fsp3) is 0.400. The average molecular weight is 462 g/mol. The first-order chi connectivity index (χ1) is 15.7. The number of carbonyl (C=O) groups is 1. The molecular formula is C20H21F3N8O2. The van der Waals surface area contributed by atoms with E-state index >= 15 is 0 Å². The summed E-state index contributed by atoms with van der Waals surface area (Å²) >= 11 is 0. The second kappa shape index (κ2) is 9.00. The zero-order chi connectivity index (χ0) is 23.6. The molecule has 0 unspecified atom stereocenters. The average Bonchev–Trinajstić information content (AvgIpc) is 3.28. The molecule has 3 aromatic rings. The minimum Gasteiger partial charge on any atom is -0.368 e.